The Morgan fingerprint density at radius 2 is 1.60 bits per heavy atom. The third-order valence-corrected chi connectivity index (χ3v) is 3.65. The number of rotatable bonds is 10. The zero-order valence-electron chi connectivity index (χ0n) is 14.1. The molecule has 0 aromatic heterocycles. The third kappa shape index (κ3) is 6.45. The zero-order chi connectivity index (χ0) is 17.9. The molecule has 0 amide bonds. The summed E-state index contributed by atoms with van der Waals surface area (Å²) in [5, 5.41) is 21.2. The first kappa shape index (κ1) is 18.8. The van der Waals surface area contributed by atoms with E-state index >= 15 is 0 Å². The van der Waals surface area contributed by atoms with Crippen molar-refractivity contribution in [2.75, 3.05) is 43.1 Å². The minimum atomic E-state index is -0.324. The predicted molar refractivity (Wildman–Crippen MR) is 97.6 cm³/mol. The molecule has 6 heteroatoms. The lowest BCUT2D eigenvalue weighted by atomic mass is 10.2. The number of ether oxygens (including phenoxy) is 1. The van der Waals surface area contributed by atoms with Crippen LogP contribution in [0.1, 0.15) is 5.56 Å². The molecule has 134 valence electrons. The molecule has 2 aromatic rings. The predicted octanol–water partition coefficient (Wildman–Crippen LogP) is 1.63. The summed E-state index contributed by atoms with van der Waals surface area (Å²) in [6.45, 7) is 1.31. The molecule has 0 saturated heterocycles. The van der Waals surface area contributed by atoms with Crippen LogP contribution in [-0.2, 0) is 16.1 Å². The largest absolute Gasteiger partial charge is 0.460 e. The van der Waals surface area contributed by atoms with Gasteiger partial charge in [-0.1, -0.05) is 30.3 Å². The number of nitrogens with one attached hydrogen (secondary N) is 1. The van der Waals surface area contributed by atoms with Crippen molar-refractivity contribution in [2.24, 2.45) is 0 Å². The molecule has 0 heterocycles. The molecule has 0 aliphatic carbocycles. The second-order valence-electron chi connectivity index (χ2n) is 5.48. The number of aliphatic hydroxyl groups is 2. The quantitative estimate of drug-likeness (QED) is 0.569. The number of aliphatic hydroxyl groups excluding tert-OH is 2. The molecule has 2 rings (SSSR count). The molecule has 0 aliphatic heterocycles. The highest BCUT2D eigenvalue weighted by Crippen LogP contribution is 2.17. The number of esters is 1. The lowest BCUT2D eigenvalue weighted by Gasteiger charge is -2.23. The van der Waals surface area contributed by atoms with Crippen LogP contribution < -0.4 is 10.2 Å². The SMILES string of the molecule is O=C(CNc1ccc(N(CCO)CCO)cc1)OCc1ccccc1. The van der Waals surface area contributed by atoms with Gasteiger partial charge in [0.15, 0.2) is 0 Å². The lowest BCUT2D eigenvalue weighted by Crippen LogP contribution is -2.29. The Bertz CT molecular complexity index is 626. The van der Waals surface area contributed by atoms with E-state index in [2.05, 4.69) is 5.32 Å². The van der Waals surface area contributed by atoms with Crippen molar-refractivity contribution in [3.8, 4) is 0 Å². The van der Waals surface area contributed by atoms with Crippen LogP contribution >= 0.6 is 0 Å². The van der Waals surface area contributed by atoms with Crippen LogP contribution in [0.4, 0.5) is 11.4 Å². The van der Waals surface area contributed by atoms with Crippen LogP contribution in [-0.4, -0.2) is 49.0 Å². The summed E-state index contributed by atoms with van der Waals surface area (Å²) < 4.78 is 5.21. The van der Waals surface area contributed by atoms with Crippen molar-refractivity contribution in [1.29, 1.82) is 0 Å². The van der Waals surface area contributed by atoms with E-state index in [0.29, 0.717) is 13.1 Å². The molecular formula is C19H24N2O4. The van der Waals surface area contributed by atoms with Crippen LogP contribution in [0.15, 0.2) is 54.6 Å². The van der Waals surface area contributed by atoms with Crippen molar-refractivity contribution >= 4 is 17.3 Å². The maximum absolute atomic E-state index is 11.8. The number of hydrogen-bond acceptors (Lipinski definition) is 6. The van der Waals surface area contributed by atoms with E-state index in [9.17, 15) is 4.79 Å². The van der Waals surface area contributed by atoms with Gasteiger partial charge >= 0.3 is 5.97 Å². The first-order valence-corrected chi connectivity index (χ1v) is 8.23. The highest BCUT2D eigenvalue weighted by molar-refractivity contribution is 5.75. The van der Waals surface area contributed by atoms with Gasteiger partial charge in [-0.3, -0.25) is 4.79 Å². The lowest BCUT2D eigenvalue weighted by molar-refractivity contribution is -0.142. The van der Waals surface area contributed by atoms with Gasteiger partial charge in [0.25, 0.3) is 0 Å². The van der Waals surface area contributed by atoms with Crippen LogP contribution in [0.3, 0.4) is 0 Å². The number of nitrogens with zero attached hydrogens (tertiary/aromatic N) is 1. The molecule has 0 bridgehead atoms. The number of benzene rings is 2. The van der Waals surface area contributed by atoms with E-state index in [1.165, 1.54) is 0 Å². The van der Waals surface area contributed by atoms with Crippen molar-refractivity contribution in [3.05, 3.63) is 60.2 Å². The molecule has 0 aliphatic rings. The van der Waals surface area contributed by atoms with E-state index in [4.69, 9.17) is 14.9 Å². The average Bonchev–Trinajstić information content (AvgIpc) is 2.66. The molecule has 0 spiro atoms. The summed E-state index contributed by atoms with van der Waals surface area (Å²) in [6, 6.07) is 17.0. The Balaban J connectivity index is 1.79. The van der Waals surface area contributed by atoms with Gasteiger partial charge < -0.3 is 25.2 Å². The topological polar surface area (TPSA) is 82.0 Å². The Labute approximate surface area is 147 Å². The fourth-order valence-electron chi connectivity index (χ4n) is 2.36. The summed E-state index contributed by atoms with van der Waals surface area (Å²) >= 11 is 0. The number of carbonyl (C=O) groups is 1. The number of anilines is 2. The van der Waals surface area contributed by atoms with Crippen molar-refractivity contribution in [1.82, 2.24) is 0 Å². The van der Waals surface area contributed by atoms with Crippen LogP contribution in [0.25, 0.3) is 0 Å². The summed E-state index contributed by atoms with van der Waals surface area (Å²) in [6.07, 6.45) is 0. The van der Waals surface area contributed by atoms with Gasteiger partial charge in [-0.05, 0) is 29.8 Å². The van der Waals surface area contributed by atoms with Gasteiger partial charge in [-0.2, -0.15) is 0 Å². The summed E-state index contributed by atoms with van der Waals surface area (Å²) in [7, 11) is 0. The normalized spacial score (nSPS) is 10.3. The Hall–Kier alpha value is -2.57. The Morgan fingerprint density at radius 3 is 2.20 bits per heavy atom. The van der Waals surface area contributed by atoms with E-state index in [-0.39, 0.29) is 32.3 Å². The van der Waals surface area contributed by atoms with Gasteiger partial charge in [0.1, 0.15) is 13.2 Å². The highest BCUT2D eigenvalue weighted by atomic mass is 16.5. The van der Waals surface area contributed by atoms with Crippen LogP contribution in [0.5, 0.6) is 0 Å². The molecule has 6 nitrogen and oxygen atoms in total. The smallest absolute Gasteiger partial charge is 0.325 e. The molecule has 0 radical (unpaired) electrons. The van der Waals surface area contributed by atoms with Crippen molar-refractivity contribution < 1.29 is 19.7 Å². The van der Waals surface area contributed by atoms with E-state index in [1.54, 1.807) is 0 Å². The summed E-state index contributed by atoms with van der Waals surface area (Å²) in [5.41, 5.74) is 2.65. The average molecular weight is 344 g/mol. The molecule has 0 saturated carbocycles. The fourth-order valence-corrected chi connectivity index (χ4v) is 2.36. The van der Waals surface area contributed by atoms with Gasteiger partial charge in [-0.25, -0.2) is 0 Å². The van der Waals surface area contributed by atoms with E-state index in [1.807, 2.05) is 59.5 Å². The van der Waals surface area contributed by atoms with Crippen molar-refractivity contribution in [2.45, 2.75) is 6.61 Å². The molecule has 0 unspecified atom stereocenters. The first-order valence-electron chi connectivity index (χ1n) is 8.23. The third-order valence-electron chi connectivity index (χ3n) is 3.65. The molecule has 0 atom stereocenters. The fraction of sp³-hybridized carbons (Fsp3) is 0.316. The van der Waals surface area contributed by atoms with Gasteiger partial charge in [0, 0.05) is 24.5 Å². The standard InChI is InChI=1S/C19H24N2O4/c22-12-10-21(11-13-23)18-8-6-17(7-9-18)20-14-19(24)25-15-16-4-2-1-3-5-16/h1-9,20,22-23H,10-15H2. The van der Waals surface area contributed by atoms with Gasteiger partial charge in [-0.15, -0.1) is 0 Å². The molecule has 25 heavy (non-hydrogen) atoms. The zero-order valence-corrected chi connectivity index (χ0v) is 14.1. The van der Waals surface area contributed by atoms with Gasteiger partial charge in [0.05, 0.1) is 13.2 Å². The minimum Gasteiger partial charge on any atom is -0.460 e. The van der Waals surface area contributed by atoms with Crippen molar-refractivity contribution in [3.63, 3.8) is 0 Å². The number of carbonyl (C=O) groups excluding carboxylic acids is 1. The van der Waals surface area contributed by atoms with E-state index < -0.39 is 0 Å². The molecular weight excluding hydrogens is 320 g/mol. The monoisotopic (exact) mass is 344 g/mol. The molecule has 2 aromatic carbocycles. The molecule has 0 fully saturated rings. The van der Waals surface area contributed by atoms with Gasteiger partial charge in [0.2, 0.25) is 0 Å². The van der Waals surface area contributed by atoms with Crippen LogP contribution in [0.2, 0.25) is 0 Å². The summed E-state index contributed by atoms with van der Waals surface area (Å²) in [5.74, 6) is -0.324. The first-order chi connectivity index (χ1) is 12.2. The maximum atomic E-state index is 11.8. The Morgan fingerprint density at radius 1 is 0.960 bits per heavy atom. The maximum Gasteiger partial charge on any atom is 0.325 e. The Kier molecular flexibility index (Phi) is 7.75. The van der Waals surface area contributed by atoms with Crippen LogP contribution in [0, 0.1) is 0 Å². The summed E-state index contributed by atoms with van der Waals surface area (Å²) in [4.78, 5) is 13.7. The highest BCUT2D eigenvalue weighted by Gasteiger charge is 2.06. The minimum absolute atomic E-state index is 0.0211. The second kappa shape index (κ2) is 10.3. The van der Waals surface area contributed by atoms with E-state index in [0.717, 1.165) is 16.9 Å². The number of hydrogen-bond donors (Lipinski definition) is 3. The molecule has 3 N–H and O–H groups in total. The second-order valence-corrected chi connectivity index (χ2v) is 5.48.